The van der Waals surface area contributed by atoms with Crippen LogP contribution in [0.15, 0.2) is 28.0 Å². The van der Waals surface area contributed by atoms with E-state index < -0.39 is 0 Å². The second kappa shape index (κ2) is 7.96. The summed E-state index contributed by atoms with van der Waals surface area (Å²) in [5.41, 5.74) is 2.14. The summed E-state index contributed by atoms with van der Waals surface area (Å²) in [6.07, 6.45) is 4.44. The van der Waals surface area contributed by atoms with Crippen LogP contribution in [0.25, 0.3) is 0 Å². The predicted octanol–water partition coefficient (Wildman–Crippen LogP) is 1.02. The average molecular weight is 343 g/mol. The van der Waals surface area contributed by atoms with Crippen molar-refractivity contribution in [1.29, 1.82) is 0 Å². The molecular formula is C17H25N7O. The van der Waals surface area contributed by atoms with E-state index in [1.165, 1.54) is 5.56 Å². The van der Waals surface area contributed by atoms with E-state index >= 15 is 0 Å². The summed E-state index contributed by atoms with van der Waals surface area (Å²) in [4.78, 5) is 17.5. The van der Waals surface area contributed by atoms with E-state index in [4.69, 9.17) is 4.52 Å². The van der Waals surface area contributed by atoms with Gasteiger partial charge in [-0.25, -0.2) is 9.97 Å². The van der Waals surface area contributed by atoms with Crippen LogP contribution in [-0.4, -0.2) is 65.8 Å². The molecule has 0 spiro atoms. The number of aliphatic imine (C=N–C) groups is 1. The van der Waals surface area contributed by atoms with Gasteiger partial charge in [-0.2, -0.15) is 0 Å². The molecule has 1 fully saturated rings. The van der Waals surface area contributed by atoms with E-state index in [0.717, 1.165) is 62.5 Å². The van der Waals surface area contributed by atoms with Crippen LogP contribution in [0, 0.1) is 13.8 Å². The molecule has 1 saturated heterocycles. The van der Waals surface area contributed by atoms with Crippen LogP contribution >= 0.6 is 0 Å². The molecular weight excluding hydrogens is 318 g/mol. The van der Waals surface area contributed by atoms with Crippen molar-refractivity contribution >= 4 is 11.9 Å². The van der Waals surface area contributed by atoms with Gasteiger partial charge in [0.15, 0.2) is 5.96 Å². The first-order valence-electron chi connectivity index (χ1n) is 8.58. The van der Waals surface area contributed by atoms with Crippen molar-refractivity contribution in [2.75, 3.05) is 44.7 Å². The second-order valence-corrected chi connectivity index (χ2v) is 6.05. The van der Waals surface area contributed by atoms with Crippen LogP contribution in [0.3, 0.4) is 0 Å². The summed E-state index contributed by atoms with van der Waals surface area (Å²) in [6, 6.07) is 1.84. The lowest BCUT2D eigenvalue weighted by molar-refractivity contribution is 0.370. The van der Waals surface area contributed by atoms with Gasteiger partial charge in [0.1, 0.15) is 5.76 Å². The molecule has 1 aliphatic rings. The van der Waals surface area contributed by atoms with Gasteiger partial charge in [0.2, 0.25) is 5.95 Å². The summed E-state index contributed by atoms with van der Waals surface area (Å²) in [5.74, 6) is 2.62. The van der Waals surface area contributed by atoms with E-state index in [9.17, 15) is 0 Å². The highest BCUT2D eigenvalue weighted by Crippen LogP contribution is 2.13. The maximum Gasteiger partial charge on any atom is 0.225 e. The lowest BCUT2D eigenvalue weighted by Gasteiger charge is -2.36. The Labute approximate surface area is 148 Å². The van der Waals surface area contributed by atoms with Crippen LogP contribution in [-0.2, 0) is 6.42 Å². The summed E-state index contributed by atoms with van der Waals surface area (Å²) in [7, 11) is 1.82. The number of guanidine groups is 1. The fourth-order valence-corrected chi connectivity index (χ4v) is 3.06. The van der Waals surface area contributed by atoms with Crippen molar-refractivity contribution in [2.45, 2.75) is 20.3 Å². The van der Waals surface area contributed by atoms with E-state index in [1.54, 1.807) is 12.4 Å². The number of aryl methyl sites for hydroxylation is 2. The van der Waals surface area contributed by atoms with Crippen LogP contribution < -0.4 is 10.2 Å². The van der Waals surface area contributed by atoms with Crippen LogP contribution in [0.5, 0.6) is 0 Å². The highest BCUT2D eigenvalue weighted by Gasteiger charge is 2.21. The Morgan fingerprint density at radius 3 is 2.52 bits per heavy atom. The van der Waals surface area contributed by atoms with Gasteiger partial charge in [-0.05, 0) is 26.3 Å². The van der Waals surface area contributed by atoms with Gasteiger partial charge in [0, 0.05) is 57.7 Å². The van der Waals surface area contributed by atoms with Gasteiger partial charge in [0.25, 0.3) is 0 Å². The highest BCUT2D eigenvalue weighted by atomic mass is 16.5. The molecule has 25 heavy (non-hydrogen) atoms. The first kappa shape index (κ1) is 17.2. The Morgan fingerprint density at radius 2 is 1.92 bits per heavy atom. The van der Waals surface area contributed by atoms with Crippen LogP contribution in [0.2, 0.25) is 0 Å². The summed E-state index contributed by atoms with van der Waals surface area (Å²) < 4.78 is 5.21. The molecule has 0 saturated carbocycles. The molecule has 0 radical (unpaired) electrons. The Balaban J connectivity index is 1.49. The van der Waals surface area contributed by atoms with Crippen molar-refractivity contribution in [3.05, 3.63) is 35.5 Å². The molecule has 3 heterocycles. The quantitative estimate of drug-likeness (QED) is 0.655. The molecule has 0 unspecified atom stereocenters. The van der Waals surface area contributed by atoms with Crippen molar-refractivity contribution < 1.29 is 4.52 Å². The maximum atomic E-state index is 5.21. The minimum atomic E-state index is 0.795. The zero-order valence-electron chi connectivity index (χ0n) is 15.1. The monoisotopic (exact) mass is 343 g/mol. The number of piperazine rings is 1. The molecule has 0 aliphatic carbocycles. The van der Waals surface area contributed by atoms with Gasteiger partial charge in [-0.3, -0.25) is 4.99 Å². The predicted molar refractivity (Wildman–Crippen MR) is 96.9 cm³/mol. The van der Waals surface area contributed by atoms with E-state index in [1.807, 2.05) is 27.0 Å². The molecule has 134 valence electrons. The van der Waals surface area contributed by atoms with Crippen molar-refractivity contribution in [3.63, 3.8) is 0 Å². The third kappa shape index (κ3) is 4.07. The minimum Gasteiger partial charge on any atom is -0.361 e. The van der Waals surface area contributed by atoms with Crippen LogP contribution in [0.4, 0.5) is 5.95 Å². The Kier molecular flexibility index (Phi) is 5.47. The van der Waals surface area contributed by atoms with Gasteiger partial charge in [0.05, 0.1) is 5.69 Å². The topological polar surface area (TPSA) is 82.7 Å². The van der Waals surface area contributed by atoms with Gasteiger partial charge < -0.3 is 19.6 Å². The zero-order chi connectivity index (χ0) is 17.6. The number of nitrogens with zero attached hydrogens (tertiary/aromatic N) is 6. The standard InChI is InChI=1S/C17H25N7O/c1-13-15(14(2)25-22-13)5-8-21-16(18-3)23-9-11-24(12-10-23)17-19-6-4-7-20-17/h4,6-7H,5,8-12H2,1-3H3,(H,18,21). The third-order valence-corrected chi connectivity index (χ3v) is 4.47. The number of hydrogen-bond donors (Lipinski definition) is 1. The van der Waals surface area contributed by atoms with Crippen molar-refractivity contribution in [3.8, 4) is 0 Å². The van der Waals surface area contributed by atoms with Gasteiger partial charge in [-0.15, -0.1) is 0 Å². The van der Waals surface area contributed by atoms with Crippen molar-refractivity contribution in [1.82, 2.24) is 25.3 Å². The summed E-state index contributed by atoms with van der Waals surface area (Å²) in [6.45, 7) is 8.29. The number of nitrogens with one attached hydrogen (secondary N) is 1. The smallest absolute Gasteiger partial charge is 0.225 e. The number of aromatic nitrogens is 3. The van der Waals surface area contributed by atoms with Crippen LogP contribution in [0.1, 0.15) is 17.0 Å². The molecule has 2 aromatic heterocycles. The van der Waals surface area contributed by atoms with E-state index in [2.05, 4.69) is 35.2 Å². The molecule has 0 aromatic carbocycles. The fourth-order valence-electron chi connectivity index (χ4n) is 3.06. The molecule has 8 nitrogen and oxygen atoms in total. The Bertz CT molecular complexity index is 686. The Morgan fingerprint density at radius 1 is 1.20 bits per heavy atom. The van der Waals surface area contributed by atoms with Gasteiger partial charge in [-0.1, -0.05) is 5.16 Å². The fraction of sp³-hybridized carbons (Fsp3) is 0.529. The lowest BCUT2D eigenvalue weighted by atomic mass is 10.1. The molecule has 0 atom stereocenters. The van der Waals surface area contributed by atoms with Crippen molar-refractivity contribution in [2.24, 2.45) is 4.99 Å². The molecule has 8 heteroatoms. The molecule has 0 bridgehead atoms. The molecule has 3 rings (SSSR count). The summed E-state index contributed by atoms with van der Waals surface area (Å²) >= 11 is 0. The normalized spacial score (nSPS) is 15.6. The summed E-state index contributed by atoms with van der Waals surface area (Å²) in [5, 5.41) is 7.44. The first-order chi connectivity index (χ1) is 12.2. The average Bonchev–Trinajstić information content (AvgIpc) is 2.98. The van der Waals surface area contributed by atoms with Gasteiger partial charge >= 0.3 is 0 Å². The lowest BCUT2D eigenvalue weighted by Crippen LogP contribution is -2.53. The molecule has 2 aromatic rings. The van der Waals surface area contributed by atoms with E-state index in [-0.39, 0.29) is 0 Å². The SMILES string of the molecule is CN=C(NCCc1c(C)noc1C)N1CCN(c2ncccn2)CC1. The molecule has 1 aliphatic heterocycles. The van der Waals surface area contributed by atoms with E-state index in [0.29, 0.717) is 0 Å². The maximum absolute atomic E-state index is 5.21. The second-order valence-electron chi connectivity index (χ2n) is 6.05. The third-order valence-electron chi connectivity index (χ3n) is 4.47. The number of hydrogen-bond acceptors (Lipinski definition) is 6. The molecule has 0 amide bonds. The first-order valence-corrected chi connectivity index (χ1v) is 8.58. The Hall–Kier alpha value is -2.64. The minimum absolute atomic E-state index is 0.795. The largest absolute Gasteiger partial charge is 0.361 e. The number of anilines is 1. The molecule has 1 N–H and O–H groups in total. The highest BCUT2D eigenvalue weighted by molar-refractivity contribution is 5.80. The zero-order valence-corrected chi connectivity index (χ0v) is 15.1. The number of rotatable bonds is 4.